The van der Waals surface area contributed by atoms with E-state index in [1.165, 1.54) is 0 Å². The highest BCUT2D eigenvalue weighted by Gasteiger charge is 2.14. The summed E-state index contributed by atoms with van der Waals surface area (Å²) in [4.78, 5) is 9.21. The summed E-state index contributed by atoms with van der Waals surface area (Å²) in [6.07, 6.45) is 3.47. The number of nitrogens with zero attached hydrogens (tertiary/aromatic N) is 4. The number of hydrogen-bond acceptors (Lipinski definition) is 6. The van der Waals surface area contributed by atoms with Crippen molar-refractivity contribution in [2.75, 3.05) is 6.54 Å². The van der Waals surface area contributed by atoms with Gasteiger partial charge in [0.15, 0.2) is 11.8 Å². The van der Waals surface area contributed by atoms with E-state index < -0.39 is 0 Å². The Balaban J connectivity index is 0.00000363. The van der Waals surface area contributed by atoms with Crippen molar-refractivity contribution in [3.8, 4) is 11.5 Å². The summed E-state index contributed by atoms with van der Waals surface area (Å²) < 4.78 is 10.9. The van der Waals surface area contributed by atoms with Gasteiger partial charge in [0.1, 0.15) is 5.76 Å². The second-order valence-corrected chi connectivity index (χ2v) is 7.25. The van der Waals surface area contributed by atoms with Gasteiger partial charge >= 0.3 is 0 Å². The lowest BCUT2D eigenvalue weighted by molar-refractivity contribution is 0.380. The topological polar surface area (TPSA) is 101 Å². The first-order valence-corrected chi connectivity index (χ1v) is 11.1. The van der Waals surface area contributed by atoms with Crippen LogP contribution in [0.25, 0.3) is 11.5 Å². The van der Waals surface area contributed by atoms with E-state index in [4.69, 9.17) is 14.0 Å². The minimum atomic E-state index is 0. The number of benzene rings is 1. The van der Waals surface area contributed by atoms with E-state index in [0.717, 1.165) is 72.2 Å². The Kier molecular flexibility index (Phi) is 10.6. The van der Waals surface area contributed by atoms with E-state index in [1.807, 2.05) is 24.3 Å². The lowest BCUT2D eigenvalue weighted by Gasteiger charge is -2.12. The van der Waals surface area contributed by atoms with Gasteiger partial charge in [0.05, 0.1) is 12.2 Å². The summed E-state index contributed by atoms with van der Waals surface area (Å²) in [5.74, 6) is 2.97. The van der Waals surface area contributed by atoms with Crippen molar-refractivity contribution in [2.45, 2.75) is 66.5 Å². The molecule has 0 amide bonds. The third-order valence-electron chi connectivity index (χ3n) is 4.92. The summed E-state index contributed by atoms with van der Waals surface area (Å²) in [7, 11) is 0. The lowest BCUT2D eigenvalue weighted by atomic mass is 10.1. The molecule has 0 aliphatic carbocycles. The molecule has 0 atom stereocenters. The smallest absolute Gasteiger partial charge is 0.257 e. The second kappa shape index (κ2) is 13.2. The van der Waals surface area contributed by atoms with E-state index in [0.29, 0.717) is 19.0 Å². The van der Waals surface area contributed by atoms with Gasteiger partial charge in [-0.3, -0.25) is 0 Å². The molecule has 0 unspecified atom stereocenters. The molecule has 32 heavy (non-hydrogen) atoms. The monoisotopic (exact) mass is 552 g/mol. The Labute approximate surface area is 206 Å². The normalized spacial score (nSPS) is 11.3. The summed E-state index contributed by atoms with van der Waals surface area (Å²) >= 11 is 0. The van der Waals surface area contributed by atoms with Crippen LogP contribution in [-0.2, 0) is 32.4 Å². The molecule has 2 N–H and O–H groups in total. The molecule has 0 aliphatic heterocycles. The van der Waals surface area contributed by atoms with Crippen LogP contribution in [0.2, 0.25) is 0 Å². The van der Waals surface area contributed by atoms with E-state index in [9.17, 15) is 0 Å². The maximum absolute atomic E-state index is 5.46. The van der Waals surface area contributed by atoms with Crippen molar-refractivity contribution in [1.82, 2.24) is 25.9 Å². The minimum absolute atomic E-state index is 0. The maximum atomic E-state index is 5.46. The number of aromatic nitrogens is 3. The first-order valence-electron chi connectivity index (χ1n) is 11.1. The van der Waals surface area contributed by atoms with Crippen LogP contribution < -0.4 is 10.6 Å². The zero-order valence-corrected chi connectivity index (χ0v) is 21.6. The number of aliphatic imine (C=N–C) groups is 1. The molecule has 8 nitrogen and oxygen atoms in total. The number of guanidine groups is 1. The van der Waals surface area contributed by atoms with Crippen LogP contribution in [-0.4, -0.2) is 27.8 Å². The first-order chi connectivity index (χ1) is 15.2. The first kappa shape index (κ1) is 25.8. The highest BCUT2D eigenvalue weighted by atomic mass is 127. The zero-order chi connectivity index (χ0) is 22.1. The Morgan fingerprint density at radius 2 is 1.88 bits per heavy atom. The van der Waals surface area contributed by atoms with Gasteiger partial charge in [-0.25, -0.2) is 4.99 Å². The standard InChI is InChI=1S/C23H32N6O2.HI/c1-5-10-21-27-22(31-29-21)17-12-9-11-16(13-17)14-25-23(24-8-4)26-15-18-19(6-2)28-30-20(18)7-3;/h9,11-13H,5-8,10,14-15H2,1-4H3,(H2,24,25,26);1H. The summed E-state index contributed by atoms with van der Waals surface area (Å²) in [6, 6.07) is 8.05. The fourth-order valence-corrected chi connectivity index (χ4v) is 3.32. The van der Waals surface area contributed by atoms with Gasteiger partial charge in [-0.15, -0.1) is 24.0 Å². The fourth-order valence-electron chi connectivity index (χ4n) is 3.32. The van der Waals surface area contributed by atoms with Crippen molar-refractivity contribution < 1.29 is 9.05 Å². The number of halogens is 1. The molecule has 0 bridgehead atoms. The molecule has 174 valence electrons. The number of nitrogens with one attached hydrogen (secondary N) is 2. The molecule has 0 spiro atoms. The minimum Gasteiger partial charge on any atom is -0.361 e. The van der Waals surface area contributed by atoms with Gasteiger partial charge < -0.3 is 19.7 Å². The van der Waals surface area contributed by atoms with Crippen LogP contribution in [0.5, 0.6) is 0 Å². The molecule has 3 aromatic rings. The summed E-state index contributed by atoms with van der Waals surface area (Å²) in [6.45, 7) is 10.2. The van der Waals surface area contributed by atoms with E-state index in [1.54, 1.807) is 0 Å². The van der Waals surface area contributed by atoms with Crippen LogP contribution in [0, 0.1) is 0 Å². The second-order valence-electron chi connectivity index (χ2n) is 7.25. The van der Waals surface area contributed by atoms with Crippen molar-refractivity contribution in [1.29, 1.82) is 0 Å². The van der Waals surface area contributed by atoms with Gasteiger partial charge in [0.2, 0.25) is 0 Å². The summed E-state index contributed by atoms with van der Waals surface area (Å²) in [5.41, 5.74) is 4.09. The molecule has 2 heterocycles. The fraction of sp³-hybridized carbons (Fsp3) is 0.478. The molecule has 9 heteroatoms. The number of rotatable bonds is 10. The van der Waals surface area contributed by atoms with Gasteiger partial charge in [0.25, 0.3) is 5.89 Å². The van der Waals surface area contributed by atoms with Crippen LogP contribution >= 0.6 is 24.0 Å². The number of hydrogen-bond donors (Lipinski definition) is 2. The van der Waals surface area contributed by atoms with Crippen LogP contribution in [0.1, 0.15) is 62.5 Å². The van der Waals surface area contributed by atoms with Crippen molar-refractivity contribution in [3.05, 3.63) is 52.7 Å². The van der Waals surface area contributed by atoms with Gasteiger partial charge in [-0.2, -0.15) is 4.98 Å². The van der Waals surface area contributed by atoms with E-state index >= 15 is 0 Å². The van der Waals surface area contributed by atoms with Gasteiger partial charge in [-0.1, -0.05) is 43.2 Å². The molecule has 1 aromatic carbocycles. The molecular formula is C23H33IN6O2. The van der Waals surface area contributed by atoms with Crippen LogP contribution in [0.4, 0.5) is 0 Å². The predicted molar refractivity (Wildman–Crippen MR) is 136 cm³/mol. The predicted octanol–water partition coefficient (Wildman–Crippen LogP) is 4.68. The average molecular weight is 552 g/mol. The Hall–Kier alpha value is -2.43. The Bertz CT molecular complexity index is 977. The van der Waals surface area contributed by atoms with Gasteiger partial charge in [-0.05, 0) is 37.5 Å². The van der Waals surface area contributed by atoms with Crippen LogP contribution in [0.3, 0.4) is 0 Å². The third kappa shape index (κ3) is 6.78. The largest absolute Gasteiger partial charge is 0.361 e. The van der Waals surface area contributed by atoms with Crippen LogP contribution in [0.15, 0.2) is 38.3 Å². The molecule has 0 saturated heterocycles. The molecule has 3 rings (SSSR count). The Morgan fingerprint density at radius 1 is 1.03 bits per heavy atom. The zero-order valence-electron chi connectivity index (χ0n) is 19.3. The molecule has 0 aliphatic rings. The van der Waals surface area contributed by atoms with E-state index in [-0.39, 0.29) is 24.0 Å². The summed E-state index contributed by atoms with van der Waals surface area (Å²) in [5, 5.41) is 14.9. The molecule has 0 saturated carbocycles. The Morgan fingerprint density at radius 3 is 2.59 bits per heavy atom. The average Bonchev–Trinajstić information content (AvgIpc) is 3.42. The van der Waals surface area contributed by atoms with E-state index in [2.05, 4.69) is 53.6 Å². The maximum Gasteiger partial charge on any atom is 0.257 e. The lowest BCUT2D eigenvalue weighted by Crippen LogP contribution is -2.37. The highest BCUT2D eigenvalue weighted by molar-refractivity contribution is 14.0. The molecular weight excluding hydrogens is 519 g/mol. The molecule has 0 fully saturated rings. The van der Waals surface area contributed by atoms with Crippen molar-refractivity contribution >= 4 is 29.9 Å². The molecule has 0 radical (unpaired) electrons. The quantitative estimate of drug-likeness (QED) is 0.214. The SMILES string of the molecule is CCCc1noc(-c2cccc(CN=C(NCC)NCc3c(CC)noc3CC)c2)n1.I. The highest BCUT2D eigenvalue weighted by Crippen LogP contribution is 2.19. The van der Waals surface area contributed by atoms with Gasteiger partial charge in [0, 0.05) is 37.1 Å². The third-order valence-corrected chi connectivity index (χ3v) is 4.92. The number of aryl methyl sites for hydroxylation is 3. The molecule has 2 aromatic heterocycles. The van der Waals surface area contributed by atoms with Crippen molar-refractivity contribution in [3.63, 3.8) is 0 Å². The van der Waals surface area contributed by atoms with Crippen molar-refractivity contribution in [2.24, 2.45) is 4.99 Å².